The number of hydrogen-bond donors (Lipinski definition) is 2. The number of carbonyl (C=O) groups excluding carboxylic acids is 1. The maximum atomic E-state index is 13.2. The van der Waals surface area contributed by atoms with E-state index in [1.54, 1.807) is 0 Å². The Hall–Kier alpha value is -2.59. The predicted molar refractivity (Wildman–Crippen MR) is 92.5 cm³/mol. The van der Waals surface area contributed by atoms with Gasteiger partial charge in [-0.3, -0.25) is 9.52 Å². The minimum absolute atomic E-state index is 0.0275. The molecule has 7 nitrogen and oxygen atoms in total. The van der Waals surface area contributed by atoms with Gasteiger partial charge in [0.25, 0.3) is 5.91 Å². The fourth-order valence-corrected chi connectivity index (χ4v) is 3.04. The molecule has 1 heterocycles. The first-order chi connectivity index (χ1) is 12.3. The number of pyridine rings is 1. The highest BCUT2D eigenvalue weighted by molar-refractivity contribution is 7.92. The first-order valence-electron chi connectivity index (χ1n) is 7.52. The molecule has 1 aromatic heterocycles. The summed E-state index contributed by atoms with van der Waals surface area (Å²) in [6.07, 6.45) is 1.56. The third kappa shape index (κ3) is 5.74. The van der Waals surface area contributed by atoms with Gasteiger partial charge in [0, 0.05) is 37.2 Å². The second-order valence-electron chi connectivity index (χ2n) is 5.28. The Balaban J connectivity index is 2.07. The van der Waals surface area contributed by atoms with Crippen molar-refractivity contribution >= 4 is 27.4 Å². The number of anilines is 2. The smallest absolute Gasteiger partial charge is 0.255 e. The van der Waals surface area contributed by atoms with Crippen LogP contribution in [0.1, 0.15) is 16.8 Å². The number of methoxy groups -OCH3 is 1. The molecule has 0 atom stereocenters. The summed E-state index contributed by atoms with van der Waals surface area (Å²) in [5.74, 6) is -2.94. The molecule has 0 saturated carbocycles. The van der Waals surface area contributed by atoms with Gasteiger partial charge in [0.1, 0.15) is 5.82 Å². The van der Waals surface area contributed by atoms with E-state index in [4.69, 9.17) is 4.74 Å². The molecule has 0 spiro atoms. The number of hydrogen-bond acceptors (Lipinski definition) is 5. The van der Waals surface area contributed by atoms with E-state index in [1.165, 1.54) is 31.5 Å². The SMILES string of the molecule is COCCCS(=O)(=O)Nc1cc(C(=O)Nc2ccc(F)c(F)c2)ccn1. The molecule has 26 heavy (non-hydrogen) atoms. The van der Waals surface area contributed by atoms with Gasteiger partial charge in [-0.1, -0.05) is 0 Å². The summed E-state index contributed by atoms with van der Waals surface area (Å²) >= 11 is 0. The van der Waals surface area contributed by atoms with Gasteiger partial charge in [0.2, 0.25) is 10.0 Å². The molecule has 1 aromatic carbocycles. The number of nitrogens with zero attached hydrogens (tertiary/aromatic N) is 1. The van der Waals surface area contributed by atoms with Crippen LogP contribution >= 0.6 is 0 Å². The van der Waals surface area contributed by atoms with Crippen molar-refractivity contribution in [1.82, 2.24) is 4.98 Å². The molecule has 2 rings (SSSR count). The molecule has 140 valence electrons. The molecule has 1 amide bonds. The topological polar surface area (TPSA) is 97.4 Å². The van der Waals surface area contributed by atoms with Crippen molar-refractivity contribution in [1.29, 1.82) is 0 Å². The monoisotopic (exact) mass is 385 g/mol. The van der Waals surface area contributed by atoms with Gasteiger partial charge in [-0.05, 0) is 30.7 Å². The van der Waals surface area contributed by atoms with Crippen LogP contribution < -0.4 is 10.0 Å². The van der Waals surface area contributed by atoms with Crippen molar-refractivity contribution in [3.05, 3.63) is 53.7 Å². The van der Waals surface area contributed by atoms with Crippen LogP contribution in [-0.4, -0.2) is 38.8 Å². The Bertz CT molecular complexity index is 891. The third-order valence-electron chi connectivity index (χ3n) is 3.22. The summed E-state index contributed by atoms with van der Waals surface area (Å²) in [4.78, 5) is 16.0. The molecule has 0 saturated heterocycles. The average Bonchev–Trinajstić information content (AvgIpc) is 2.58. The number of amides is 1. The first kappa shape index (κ1) is 19.7. The van der Waals surface area contributed by atoms with Gasteiger partial charge < -0.3 is 10.1 Å². The van der Waals surface area contributed by atoms with Crippen molar-refractivity contribution in [2.75, 3.05) is 29.5 Å². The van der Waals surface area contributed by atoms with Gasteiger partial charge in [0.05, 0.1) is 5.75 Å². The Labute approximate surface area is 149 Å². The highest BCUT2D eigenvalue weighted by Crippen LogP contribution is 2.15. The van der Waals surface area contributed by atoms with Gasteiger partial charge in [-0.2, -0.15) is 0 Å². The number of benzene rings is 1. The van der Waals surface area contributed by atoms with Gasteiger partial charge >= 0.3 is 0 Å². The normalized spacial score (nSPS) is 11.2. The summed E-state index contributed by atoms with van der Waals surface area (Å²) < 4.78 is 57.0. The quantitative estimate of drug-likeness (QED) is 0.680. The molecule has 10 heteroatoms. The van der Waals surface area contributed by atoms with E-state index in [-0.39, 0.29) is 22.8 Å². The fraction of sp³-hybridized carbons (Fsp3) is 0.250. The zero-order chi connectivity index (χ0) is 19.2. The number of nitrogens with one attached hydrogen (secondary N) is 2. The molecule has 0 aliphatic heterocycles. The summed E-state index contributed by atoms with van der Waals surface area (Å²) in [6, 6.07) is 5.53. The maximum Gasteiger partial charge on any atom is 0.255 e. The molecular weight excluding hydrogens is 368 g/mol. The summed E-state index contributed by atoms with van der Waals surface area (Å²) in [5.41, 5.74) is 0.159. The lowest BCUT2D eigenvalue weighted by atomic mass is 10.2. The Morgan fingerprint density at radius 2 is 1.96 bits per heavy atom. The van der Waals surface area contributed by atoms with E-state index >= 15 is 0 Å². The zero-order valence-electron chi connectivity index (χ0n) is 13.8. The summed E-state index contributed by atoms with van der Waals surface area (Å²) in [7, 11) is -2.17. The summed E-state index contributed by atoms with van der Waals surface area (Å²) in [5, 5.41) is 2.39. The van der Waals surface area contributed by atoms with Crippen molar-refractivity contribution in [3.8, 4) is 0 Å². The maximum absolute atomic E-state index is 13.2. The van der Waals surface area contributed by atoms with Crippen LogP contribution in [0.4, 0.5) is 20.3 Å². The molecule has 2 N–H and O–H groups in total. The van der Waals surface area contributed by atoms with Crippen molar-refractivity contribution in [2.24, 2.45) is 0 Å². The summed E-state index contributed by atoms with van der Waals surface area (Å²) in [6.45, 7) is 0.297. The lowest BCUT2D eigenvalue weighted by molar-refractivity contribution is 0.102. The van der Waals surface area contributed by atoms with E-state index in [1.807, 2.05) is 0 Å². The van der Waals surface area contributed by atoms with Crippen molar-refractivity contribution in [2.45, 2.75) is 6.42 Å². The first-order valence-corrected chi connectivity index (χ1v) is 9.18. The zero-order valence-corrected chi connectivity index (χ0v) is 14.6. The van der Waals surface area contributed by atoms with Gasteiger partial charge in [0.15, 0.2) is 11.6 Å². The van der Waals surface area contributed by atoms with E-state index in [2.05, 4.69) is 15.0 Å². The third-order valence-corrected chi connectivity index (χ3v) is 4.57. The van der Waals surface area contributed by atoms with E-state index < -0.39 is 27.6 Å². The number of halogens is 2. The number of aromatic nitrogens is 1. The molecule has 2 aromatic rings. The highest BCUT2D eigenvalue weighted by Gasteiger charge is 2.14. The van der Waals surface area contributed by atoms with Crippen LogP contribution in [0, 0.1) is 11.6 Å². The lowest BCUT2D eigenvalue weighted by Crippen LogP contribution is -2.19. The minimum Gasteiger partial charge on any atom is -0.385 e. The van der Waals surface area contributed by atoms with E-state index in [0.29, 0.717) is 13.0 Å². The number of rotatable bonds is 8. The molecule has 0 unspecified atom stereocenters. The van der Waals surface area contributed by atoms with Crippen LogP contribution in [0.5, 0.6) is 0 Å². The fourth-order valence-electron chi connectivity index (χ4n) is 2.01. The standard InChI is InChI=1S/C16H17F2N3O4S/c1-25-7-2-8-26(23,24)21-15-9-11(5-6-19-15)16(22)20-12-3-4-13(17)14(18)10-12/h3-6,9-10H,2,7-8H2,1H3,(H,19,21)(H,20,22). The molecule has 0 aliphatic rings. The molecular formula is C16H17F2N3O4S. The molecule has 0 bridgehead atoms. The van der Waals surface area contributed by atoms with E-state index in [0.717, 1.165) is 12.1 Å². The second kappa shape index (κ2) is 8.68. The Kier molecular flexibility index (Phi) is 6.58. The van der Waals surface area contributed by atoms with Gasteiger partial charge in [-0.15, -0.1) is 0 Å². The molecule has 0 radical (unpaired) electrons. The Morgan fingerprint density at radius 1 is 1.19 bits per heavy atom. The van der Waals surface area contributed by atoms with Crippen molar-refractivity contribution in [3.63, 3.8) is 0 Å². The molecule has 0 fully saturated rings. The number of ether oxygens (including phenoxy) is 1. The van der Waals surface area contributed by atoms with Gasteiger partial charge in [-0.25, -0.2) is 22.2 Å². The number of carbonyl (C=O) groups is 1. The average molecular weight is 385 g/mol. The van der Waals surface area contributed by atoms with Crippen molar-refractivity contribution < 1.29 is 26.7 Å². The molecule has 0 aliphatic carbocycles. The van der Waals surface area contributed by atoms with Crippen LogP contribution in [0.25, 0.3) is 0 Å². The van der Waals surface area contributed by atoms with E-state index in [9.17, 15) is 22.0 Å². The minimum atomic E-state index is -3.63. The van der Waals surface area contributed by atoms with Crippen LogP contribution in [0.3, 0.4) is 0 Å². The van der Waals surface area contributed by atoms with Crippen LogP contribution in [-0.2, 0) is 14.8 Å². The largest absolute Gasteiger partial charge is 0.385 e. The number of sulfonamides is 1. The highest BCUT2D eigenvalue weighted by atomic mass is 32.2. The Morgan fingerprint density at radius 3 is 2.65 bits per heavy atom. The van der Waals surface area contributed by atoms with Crippen LogP contribution in [0.15, 0.2) is 36.5 Å². The van der Waals surface area contributed by atoms with Crippen LogP contribution in [0.2, 0.25) is 0 Å². The predicted octanol–water partition coefficient (Wildman–Crippen LogP) is 2.39. The lowest BCUT2D eigenvalue weighted by Gasteiger charge is -2.09. The second-order valence-corrected chi connectivity index (χ2v) is 7.12.